The topological polar surface area (TPSA) is 17.8 Å². The number of para-hydroxylation sites is 3. The van der Waals surface area contributed by atoms with Crippen molar-refractivity contribution in [2.45, 2.75) is 19.3 Å². The summed E-state index contributed by atoms with van der Waals surface area (Å²) in [5.41, 5.74) is 9.62. The number of fused-ring (bicyclic) bond motifs is 11. The molecule has 0 saturated heterocycles. The summed E-state index contributed by atoms with van der Waals surface area (Å²) in [5, 5.41) is 7.98. The average Bonchev–Trinajstić information content (AvgIpc) is 3.54. The maximum atomic E-state index is 5.17. The highest BCUT2D eigenvalue weighted by molar-refractivity contribution is 6.27. The number of benzene rings is 7. The van der Waals surface area contributed by atoms with Crippen LogP contribution in [-0.4, -0.2) is 9.55 Å². The van der Waals surface area contributed by atoms with E-state index in [-0.39, 0.29) is 5.41 Å². The van der Waals surface area contributed by atoms with Gasteiger partial charge in [-0.05, 0) is 84.9 Å². The summed E-state index contributed by atoms with van der Waals surface area (Å²) in [6.45, 7) is 4.79. The highest BCUT2D eigenvalue weighted by Gasteiger charge is 2.38. The Hall–Kier alpha value is -5.21. The molecule has 0 aliphatic heterocycles. The minimum absolute atomic E-state index is 0.186. The SMILES string of the molecule is CC1(C)c2cc(-c3nc4ccccc4n3-c3ccccc3)ccc2-c2ccc3c4ccccc4c4ccccc4c3c21. The van der Waals surface area contributed by atoms with Crippen molar-refractivity contribution >= 4 is 43.4 Å². The second kappa shape index (κ2) is 8.41. The molecule has 0 spiro atoms. The van der Waals surface area contributed by atoms with Crippen molar-refractivity contribution in [2.75, 3.05) is 0 Å². The Morgan fingerprint density at radius 1 is 0.548 bits per heavy atom. The molecule has 0 unspecified atom stereocenters. The van der Waals surface area contributed by atoms with E-state index in [0.717, 1.165) is 28.1 Å². The molecule has 2 nitrogen and oxygen atoms in total. The Kier molecular flexibility index (Phi) is 4.70. The first-order chi connectivity index (χ1) is 20.6. The minimum Gasteiger partial charge on any atom is -0.292 e. The fourth-order valence-corrected chi connectivity index (χ4v) is 7.50. The van der Waals surface area contributed by atoms with Crippen LogP contribution >= 0.6 is 0 Å². The number of aromatic nitrogens is 2. The Bertz CT molecular complexity index is 2340. The van der Waals surface area contributed by atoms with Gasteiger partial charge in [-0.2, -0.15) is 0 Å². The van der Waals surface area contributed by atoms with Crippen LogP contribution in [0.1, 0.15) is 25.0 Å². The molecule has 1 aliphatic rings. The number of hydrogen-bond donors (Lipinski definition) is 0. The summed E-state index contributed by atoms with van der Waals surface area (Å²) >= 11 is 0. The van der Waals surface area contributed by atoms with Crippen molar-refractivity contribution in [2.24, 2.45) is 0 Å². The Morgan fingerprint density at radius 2 is 1.14 bits per heavy atom. The summed E-state index contributed by atoms with van der Waals surface area (Å²) in [7, 11) is 0. The molecular weight excluding hydrogens is 508 g/mol. The summed E-state index contributed by atoms with van der Waals surface area (Å²) in [4.78, 5) is 5.17. The van der Waals surface area contributed by atoms with E-state index in [0.29, 0.717) is 0 Å². The third-order valence-corrected chi connectivity index (χ3v) is 9.35. The van der Waals surface area contributed by atoms with Crippen LogP contribution in [0.3, 0.4) is 0 Å². The van der Waals surface area contributed by atoms with Crippen LogP contribution < -0.4 is 0 Å². The monoisotopic (exact) mass is 536 g/mol. The van der Waals surface area contributed by atoms with Crippen molar-refractivity contribution in [1.29, 1.82) is 0 Å². The van der Waals surface area contributed by atoms with Crippen LogP contribution in [0.25, 0.3) is 71.6 Å². The van der Waals surface area contributed by atoms with Crippen LogP contribution in [0.15, 0.2) is 133 Å². The van der Waals surface area contributed by atoms with Gasteiger partial charge in [-0.25, -0.2) is 4.98 Å². The van der Waals surface area contributed by atoms with Crippen LogP contribution in [0, 0.1) is 0 Å². The zero-order valence-corrected chi connectivity index (χ0v) is 23.6. The molecule has 0 radical (unpaired) electrons. The first-order valence-electron chi connectivity index (χ1n) is 14.7. The maximum absolute atomic E-state index is 5.17. The van der Waals surface area contributed by atoms with Gasteiger partial charge in [-0.3, -0.25) is 4.57 Å². The minimum atomic E-state index is -0.186. The largest absolute Gasteiger partial charge is 0.292 e. The lowest BCUT2D eigenvalue weighted by Gasteiger charge is -2.25. The summed E-state index contributed by atoms with van der Waals surface area (Å²) in [6, 6.07) is 48.4. The predicted octanol–water partition coefficient (Wildman–Crippen LogP) is 10.5. The van der Waals surface area contributed by atoms with Gasteiger partial charge in [0.2, 0.25) is 0 Å². The van der Waals surface area contributed by atoms with Gasteiger partial charge in [0.25, 0.3) is 0 Å². The molecule has 0 bridgehead atoms. The van der Waals surface area contributed by atoms with Gasteiger partial charge in [-0.15, -0.1) is 0 Å². The van der Waals surface area contributed by atoms with Crippen molar-refractivity contribution in [3.63, 3.8) is 0 Å². The molecule has 42 heavy (non-hydrogen) atoms. The molecule has 0 amide bonds. The number of hydrogen-bond acceptors (Lipinski definition) is 1. The molecule has 0 saturated carbocycles. The quantitative estimate of drug-likeness (QED) is 0.201. The van der Waals surface area contributed by atoms with Gasteiger partial charge < -0.3 is 0 Å². The van der Waals surface area contributed by atoms with E-state index < -0.39 is 0 Å². The molecule has 0 fully saturated rings. The van der Waals surface area contributed by atoms with Crippen molar-refractivity contribution < 1.29 is 0 Å². The number of imidazole rings is 1. The lowest BCUT2D eigenvalue weighted by atomic mass is 9.78. The fraction of sp³-hybridized carbons (Fsp3) is 0.0750. The average molecular weight is 537 g/mol. The van der Waals surface area contributed by atoms with E-state index in [1.807, 2.05) is 0 Å². The van der Waals surface area contributed by atoms with Gasteiger partial charge in [-0.1, -0.05) is 117 Å². The third-order valence-electron chi connectivity index (χ3n) is 9.35. The summed E-state index contributed by atoms with van der Waals surface area (Å²) < 4.78 is 2.29. The second-order valence-electron chi connectivity index (χ2n) is 12.0. The number of rotatable bonds is 2. The molecule has 0 N–H and O–H groups in total. The molecule has 8 aromatic rings. The van der Waals surface area contributed by atoms with Crippen LogP contribution in [0.5, 0.6) is 0 Å². The van der Waals surface area contributed by atoms with Gasteiger partial charge in [0, 0.05) is 16.7 Å². The molecule has 7 aromatic carbocycles. The first kappa shape index (κ1) is 23.5. The molecule has 2 heteroatoms. The normalized spacial score (nSPS) is 13.7. The summed E-state index contributed by atoms with van der Waals surface area (Å²) in [6.07, 6.45) is 0. The van der Waals surface area contributed by atoms with E-state index in [4.69, 9.17) is 4.98 Å². The predicted molar refractivity (Wildman–Crippen MR) is 177 cm³/mol. The summed E-state index contributed by atoms with van der Waals surface area (Å²) in [5.74, 6) is 0.971. The Morgan fingerprint density at radius 3 is 1.90 bits per heavy atom. The molecule has 1 heterocycles. The van der Waals surface area contributed by atoms with Gasteiger partial charge >= 0.3 is 0 Å². The Labute approximate surface area is 244 Å². The van der Waals surface area contributed by atoms with Gasteiger partial charge in [0.15, 0.2) is 0 Å². The number of nitrogens with zero attached hydrogens (tertiary/aromatic N) is 2. The molecule has 1 aromatic heterocycles. The van der Waals surface area contributed by atoms with E-state index in [1.165, 1.54) is 54.6 Å². The van der Waals surface area contributed by atoms with E-state index in [1.54, 1.807) is 0 Å². The molecule has 198 valence electrons. The third kappa shape index (κ3) is 3.07. The van der Waals surface area contributed by atoms with E-state index in [9.17, 15) is 0 Å². The first-order valence-corrected chi connectivity index (χ1v) is 14.7. The Balaban J connectivity index is 1.32. The lowest BCUT2D eigenvalue weighted by molar-refractivity contribution is 0.667. The van der Waals surface area contributed by atoms with Crippen molar-refractivity contribution in [3.8, 4) is 28.2 Å². The van der Waals surface area contributed by atoms with Crippen molar-refractivity contribution in [1.82, 2.24) is 9.55 Å². The zero-order valence-electron chi connectivity index (χ0n) is 23.6. The van der Waals surface area contributed by atoms with Crippen LogP contribution in [0.2, 0.25) is 0 Å². The van der Waals surface area contributed by atoms with Crippen LogP contribution in [0.4, 0.5) is 0 Å². The fourth-order valence-electron chi connectivity index (χ4n) is 7.50. The maximum Gasteiger partial charge on any atom is 0.145 e. The highest BCUT2D eigenvalue weighted by Crippen LogP contribution is 2.54. The van der Waals surface area contributed by atoms with E-state index in [2.05, 4.69) is 152 Å². The van der Waals surface area contributed by atoms with Gasteiger partial charge in [0.1, 0.15) is 5.82 Å². The second-order valence-corrected chi connectivity index (χ2v) is 12.0. The molecule has 9 rings (SSSR count). The zero-order chi connectivity index (χ0) is 28.0. The van der Waals surface area contributed by atoms with Crippen LogP contribution in [-0.2, 0) is 5.41 Å². The van der Waals surface area contributed by atoms with Gasteiger partial charge in [0.05, 0.1) is 11.0 Å². The standard InChI is InChI=1S/C40H28N2/c1-40(2)34-24-25(39-41-35-18-10-11-19-36(35)42(39)26-12-4-3-5-13-26)20-21-30(34)33-23-22-32-29-16-7-6-14-27(29)28-15-8-9-17-31(28)37(32)38(33)40/h3-24H,1-2H3. The van der Waals surface area contributed by atoms with E-state index >= 15 is 0 Å². The molecule has 0 atom stereocenters. The molecule has 1 aliphatic carbocycles. The lowest BCUT2D eigenvalue weighted by Crippen LogP contribution is -2.16. The highest BCUT2D eigenvalue weighted by atomic mass is 15.1. The smallest absolute Gasteiger partial charge is 0.145 e. The van der Waals surface area contributed by atoms with Crippen molar-refractivity contribution in [3.05, 3.63) is 145 Å². The molecular formula is C40H28N2.